The van der Waals surface area contributed by atoms with Crippen LogP contribution in [0.3, 0.4) is 0 Å². The number of benzene rings is 1. The molecule has 0 spiro atoms. The van der Waals surface area contributed by atoms with Gasteiger partial charge >= 0.3 is 0 Å². The van der Waals surface area contributed by atoms with Crippen LogP contribution in [-0.2, 0) is 0 Å². The number of hydrogen-bond donors (Lipinski definition) is 2. The van der Waals surface area contributed by atoms with Gasteiger partial charge in [0.15, 0.2) is 11.6 Å². The van der Waals surface area contributed by atoms with Crippen LogP contribution in [0.2, 0.25) is 5.28 Å². The van der Waals surface area contributed by atoms with Gasteiger partial charge in [-0.25, -0.2) is 9.37 Å². The Labute approximate surface area is 107 Å². The molecule has 0 bridgehead atoms. The zero-order chi connectivity index (χ0) is 13.1. The van der Waals surface area contributed by atoms with Gasteiger partial charge in [-0.15, -0.1) is 0 Å². The largest absolute Gasteiger partial charge is 0.366 e. The molecule has 1 aromatic carbocycles. The third-order valence-electron chi connectivity index (χ3n) is 2.16. The highest BCUT2D eigenvalue weighted by molar-refractivity contribution is 6.28. The molecular formula is C11H8ClFN4O. The molecule has 1 amide bonds. The Morgan fingerprint density at radius 1 is 1.39 bits per heavy atom. The van der Waals surface area contributed by atoms with E-state index in [0.29, 0.717) is 5.69 Å². The Bertz CT molecular complexity index is 605. The third-order valence-corrected chi connectivity index (χ3v) is 2.34. The van der Waals surface area contributed by atoms with Gasteiger partial charge in [-0.05, 0) is 23.7 Å². The predicted molar refractivity (Wildman–Crippen MR) is 65.2 cm³/mol. The molecule has 0 unspecified atom stereocenters. The molecule has 5 nitrogen and oxygen atoms in total. The van der Waals surface area contributed by atoms with Gasteiger partial charge in [0.2, 0.25) is 5.28 Å². The third kappa shape index (κ3) is 2.54. The average Bonchev–Trinajstić information content (AvgIpc) is 2.34. The summed E-state index contributed by atoms with van der Waals surface area (Å²) in [5.41, 5.74) is 5.78. The molecule has 0 saturated carbocycles. The Morgan fingerprint density at radius 3 is 2.83 bits per heavy atom. The smallest absolute Gasteiger partial charge is 0.250 e. The zero-order valence-electron chi connectivity index (χ0n) is 9.02. The summed E-state index contributed by atoms with van der Waals surface area (Å²) in [6.07, 6.45) is 0.935. The summed E-state index contributed by atoms with van der Waals surface area (Å²) < 4.78 is 13.4. The van der Waals surface area contributed by atoms with Crippen LogP contribution in [0.5, 0.6) is 0 Å². The maximum Gasteiger partial charge on any atom is 0.250 e. The van der Waals surface area contributed by atoms with E-state index in [0.717, 1.165) is 6.20 Å². The molecule has 0 saturated heterocycles. The summed E-state index contributed by atoms with van der Waals surface area (Å²) in [5.74, 6) is -1.43. The summed E-state index contributed by atoms with van der Waals surface area (Å²) >= 11 is 5.56. The normalized spacial score (nSPS) is 10.1. The average molecular weight is 267 g/mol. The minimum atomic E-state index is -0.682. The first-order valence-electron chi connectivity index (χ1n) is 4.92. The maximum atomic E-state index is 13.4. The van der Waals surface area contributed by atoms with E-state index < -0.39 is 11.7 Å². The van der Waals surface area contributed by atoms with Crippen molar-refractivity contribution in [2.75, 3.05) is 5.32 Å². The number of halogens is 2. The molecule has 0 aliphatic rings. The van der Waals surface area contributed by atoms with Gasteiger partial charge in [0.1, 0.15) is 0 Å². The maximum absolute atomic E-state index is 13.4. The quantitative estimate of drug-likeness (QED) is 0.834. The Kier molecular flexibility index (Phi) is 3.38. The second kappa shape index (κ2) is 4.97. The van der Waals surface area contributed by atoms with Gasteiger partial charge in [0.25, 0.3) is 5.91 Å². The lowest BCUT2D eigenvalue weighted by molar-refractivity contribution is 0.100. The van der Waals surface area contributed by atoms with Crippen LogP contribution in [0.25, 0.3) is 0 Å². The fourth-order valence-corrected chi connectivity index (χ4v) is 1.50. The van der Waals surface area contributed by atoms with Crippen LogP contribution in [0, 0.1) is 5.82 Å². The molecule has 3 N–H and O–H groups in total. The zero-order valence-corrected chi connectivity index (χ0v) is 9.78. The van der Waals surface area contributed by atoms with E-state index in [4.69, 9.17) is 17.3 Å². The van der Waals surface area contributed by atoms with Crippen molar-refractivity contribution in [3.8, 4) is 0 Å². The lowest BCUT2D eigenvalue weighted by atomic mass is 10.1. The van der Waals surface area contributed by atoms with Crippen molar-refractivity contribution in [1.82, 2.24) is 9.97 Å². The van der Waals surface area contributed by atoms with Gasteiger partial charge in [-0.3, -0.25) is 4.79 Å². The highest BCUT2D eigenvalue weighted by Crippen LogP contribution is 2.21. The van der Waals surface area contributed by atoms with Crippen LogP contribution in [0.15, 0.2) is 30.5 Å². The van der Waals surface area contributed by atoms with Crippen LogP contribution in [0.1, 0.15) is 10.4 Å². The number of hydrogen-bond acceptors (Lipinski definition) is 4. The Morgan fingerprint density at radius 2 is 2.11 bits per heavy atom. The van der Waals surface area contributed by atoms with E-state index in [-0.39, 0.29) is 16.7 Å². The standard InChI is InChI=1S/C11H8ClFN4O/c12-11-15-5-7(13)10(17-11)16-8-4-2-1-3-6(8)9(14)18/h1-5H,(H2,14,18)(H,15,16,17). The van der Waals surface area contributed by atoms with Crippen molar-refractivity contribution in [1.29, 1.82) is 0 Å². The minimum absolute atomic E-state index is 0.101. The SMILES string of the molecule is NC(=O)c1ccccc1Nc1nc(Cl)ncc1F. The monoisotopic (exact) mass is 266 g/mol. The number of anilines is 2. The number of carbonyl (C=O) groups is 1. The van der Waals surface area contributed by atoms with Crippen LogP contribution < -0.4 is 11.1 Å². The number of nitrogens with one attached hydrogen (secondary N) is 1. The molecule has 7 heteroatoms. The van der Waals surface area contributed by atoms with E-state index in [9.17, 15) is 9.18 Å². The molecule has 1 heterocycles. The molecule has 0 atom stereocenters. The van der Waals surface area contributed by atoms with Gasteiger partial charge in [0.05, 0.1) is 17.4 Å². The number of primary amides is 1. The summed E-state index contributed by atoms with van der Waals surface area (Å²) in [6, 6.07) is 6.42. The fraction of sp³-hybridized carbons (Fsp3) is 0. The molecule has 0 radical (unpaired) electrons. The Balaban J connectivity index is 2.40. The van der Waals surface area contributed by atoms with Gasteiger partial charge in [-0.2, -0.15) is 4.98 Å². The van der Waals surface area contributed by atoms with Crippen LogP contribution in [0.4, 0.5) is 15.9 Å². The molecule has 2 rings (SSSR count). The summed E-state index contributed by atoms with van der Waals surface area (Å²) in [7, 11) is 0. The van der Waals surface area contributed by atoms with Crippen molar-refractivity contribution in [2.24, 2.45) is 5.73 Å². The highest BCUT2D eigenvalue weighted by atomic mass is 35.5. The molecule has 0 aliphatic heterocycles. The predicted octanol–water partition coefficient (Wildman–Crippen LogP) is 2.11. The molecular weight excluding hydrogens is 259 g/mol. The van der Waals surface area contributed by atoms with E-state index in [2.05, 4.69) is 15.3 Å². The summed E-state index contributed by atoms with van der Waals surface area (Å²) in [4.78, 5) is 18.4. The summed E-state index contributed by atoms with van der Waals surface area (Å²) in [5, 5.41) is 2.55. The molecule has 0 fully saturated rings. The van der Waals surface area contributed by atoms with E-state index in [1.165, 1.54) is 6.07 Å². The number of nitrogens with zero attached hydrogens (tertiary/aromatic N) is 2. The van der Waals surface area contributed by atoms with Crippen molar-refractivity contribution in [3.05, 3.63) is 47.1 Å². The van der Waals surface area contributed by atoms with Gasteiger partial charge in [0, 0.05) is 0 Å². The lowest BCUT2D eigenvalue weighted by Crippen LogP contribution is -2.13. The number of aromatic nitrogens is 2. The minimum Gasteiger partial charge on any atom is -0.366 e. The van der Waals surface area contributed by atoms with Crippen molar-refractivity contribution < 1.29 is 9.18 Å². The van der Waals surface area contributed by atoms with Crippen molar-refractivity contribution in [3.63, 3.8) is 0 Å². The number of carbonyl (C=O) groups excluding carboxylic acids is 1. The number of amides is 1. The van der Waals surface area contributed by atoms with Gasteiger partial charge in [-0.1, -0.05) is 12.1 Å². The van der Waals surface area contributed by atoms with Crippen LogP contribution in [-0.4, -0.2) is 15.9 Å². The number of para-hydroxylation sites is 1. The molecule has 0 aliphatic carbocycles. The molecule has 92 valence electrons. The first kappa shape index (κ1) is 12.3. The molecule has 2 aromatic rings. The second-order valence-corrected chi connectivity index (χ2v) is 3.71. The number of rotatable bonds is 3. The van der Waals surface area contributed by atoms with Gasteiger partial charge < -0.3 is 11.1 Å². The van der Waals surface area contributed by atoms with E-state index in [1.807, 2.05) is 0 Å². The number of nitrogens with two attached hydrogens (primary N) is 1. The molecule has 18 heavy (non-hydrogen) atoms. The fourth-order valence-electron chi connectivity index (χ4n) is 1.37. The second-order valence-electron chi connectivity index (χ2n) is 3.37. The van der Waals surface area contributed by atoms with E-state index >= 15 is 0 Å². The summed E-state index contributed by atoms with van der Waals surface area (Å²) in [6.45, 7) is 0. The Hall–Kier alpha value is -2.21. The first-order chi connectivity index (χ1) is 8.58. The molecule has 1 aromatic heterocycles. The topological polar surface area (TPSA) is 80.9 Å². The highest BCUT2D eigenvalue weighted by Gasteiger charge is 2.11. The van der Waals surface area contributed by atoms with Crippen LogP contribution >= 0.6 is 11.6 Å². The van der Waals surface area contributed by atoms with Crippen molar-refractivity contribution >= 4 is 29.0 Å². The van der Waals surface area contributed by atoms with E-state index in [1.54, 1.807) is 18.2 Å². The first-order valence-corrected chi connectivity index (χ1v) is 5.29. The van der Waals surface area contributed by atoms with Crippen molar-refractivity contribution in [2.45, 2.75) is 0 Å². The lowest BCUT2D eigenvalue weighted by Gasteiger charge is -2.09.